The van der Waals surface area contributed by atoms with Crippen molar-refractivity contribution in [3.8, 4) is 0 Å². The van der Waals surface area contributed by atoms with Gasteiger partial charge in [-0.2, -0.15) is 0 Å². The highest BCUT2D eigenvalue weighted by Crippen LogP contribution is 2.32. The summed E-state index contributed by atoms with van der Waals surface area (Å²) < 4.78 is 0. The first-order valence-corrected chi connectivity index (χ1v) is 6.23. The molecule has 0 amide bonds. The molecule has 2 unspecified atom stereocenters. The maximum absolute atomic E-state index is 5.53. The average Bonchev–Trinajstić information content (AvgIpc) is 2.14. The van der Waals surface area contributed by atoms with Crippen molar-refractivity contribution in [2.45, 2.75) is 72.0 Å². The Hall–Kier alpha value is -0.0800. The molecule has 0 saturated heterocycles. The molecule has 0 radical (unpaired) electrons. The van der Waals surface area contributed by atoms with Crippen LogP contribution in [-0.4, -0.2) is 11.7 Å². The van der Waals surface area contributed by atoms with Gasteiger partial charge >= 0.3 is 0 Å². The van der Waals surface area contributed by atoms with Crippen molar-refractivity contribution in [2.24, 2.45) is 11.8 Å². The van der Waals surface area contributed by atoms with E-state index in [0.29, 0.717) is 6.10 Å². The standard InChI is InChI=1S/C13H26O2/c1-10(2)11-7-6-8-12(9-11)14-15-13(3,4)5/h10-12H,6-9H2,1-5H3. The molecule has 1 aliphatic carbocycles. The summed E-state index contributed by atoms with van der Waals surface area (Å²) in [7, 11) is 0. The summed E-state index contributed by atoms with van der Waals surface area (Å²) in [4.78, 5) is 10.9. The third-order valence-corrected chi connectivity index (χ3v) is 3.04. The highest BCUT2D eigenvalue weighted by Gasteiger charge is 2.26. The van der Waals surface area contributed by atoms with Crippen LogP contribution in [0, 0.1) is 11.8 Å². The van der Waals surface area contributed by atoms with Crippen LogP contribution in [-0.2, 0) is 9.78 Å². The first kappa shape index (κ1) is 13.0. The van der Waals surface area contributed by atoms with Crippen LogP contribution in [0.2, 0.25) is 0 Å². The predicted octanol–water partition coefficient (Wildman–Crippen LogP) is 3.95. The van der Waals surface area contributed by atoms with Gasteiger partial charge in [0.15, 0.2) is 0 Å². The lowest BCUT2D eigenvalue weighted by molar-refractivity contribution is -0.378. The van der Waals surface area contributed by atoms with E-state index < -0.39 is 0 Å². The lowest BCUT2D eigenvalue weighted by Gasteiger charge is -2.32. The highest BCUT2D eigenvalue weighted by atomic mass is 17.2. The minimum absolute atomic E-state index is 0.190. The highest BCUT2D eigenvalue weighted by molar-refractivity contribution is 4.74. The van der Waals surface area contributed by atoms with E-state index in [4.69, 9.17) is 9.78 Å². The first-order chi connectivity index (χ1) is 6.88. The molecule has 90 valence electrons. The van der Waals surface area contributed by atoms with Crippen molar-refractivity contribution >= 4 is 0 Å². The summed E-state index contributed by atoms with van der Waals surface area (Å²) in [6, 6.07) is 0. The molecule has 0 heterocycles. The molecule has 2 nitrogen and oxygen atoms in total. The second-order valence-corrected chi connectivity index (χ2v) is 6.08. The van der Waals surface area contributed by atoms with Gasteiger partial charge in [0.25, 0.3) is 0 Å². The molecule has 0 N–H and O–H groups in total. The Kier molecular flexibility index (Phi) is 4.60. The lowest BCUT2D eigenvalue weighted by atomic mass is 9.80. The molecule has 1 saturated carbocycles. The largest absolute Gasteiger partial charge is 0.233 e. The number of hydrogen-bond acceptors (Lipinski definition) is 2. The van der Waals surface area contributed by atoms with Gasteiger partial charge in [-0.1, -0.05) is 26.7 Å². The fraction of sp³-hybridized carbons (Fsp3) is 1.00. The third-order valence-electron chi connectivity index (χ3n) is 3.04. The van der Waals surface area contributed by atoms with Gasteiger partial charge in [0, 0.05) is 0 Å². The molecule has 0 aromatic carbocycles. The van der Waals surface area contributed by atoms with Crippen molar-refractivity contribution in [1.82, 2.24) is 0 Å². The Bertz CT molecular complexity index is 181. The number of hydrogen-bond donors (Lipinski definition) is 0. The summed E-state index contributed by atoms with van der Waals surface area (Å²) in [5.41, 5.74) is -0.190. The topological polar surface area (TPSA) is 18.5 Å². The number of rotatable bonds is 3. The van der Waals surface area contributed by atoms with E-state index in [1.807, 2.05) is 20.8 Å². The lowest BCUT2D eigenvalue weighted by Crippen LogP contribution is -2.29. The molecule has 2 atom stereocenters. The van der Waals surface area contributed by atoms with Gasteiger partial charge in [-0.25, -0.2) is 9.78 Å². The van der Waals surface area contributed by atoms with E-state index in [0.717, 1.165) is 24.7 Å². The Labute approximate surface area is 94.3 Å². The normalized spacial score (nSPS) is 28.4. The van der Waals surface area contributed by atoms with E-state index in [1.54, 1.807) is 0 Å². The Morgan fingerprint density at radius 2 is 1.80 bits per heavy atom. The maximum atomic E-state index is 5.53. The van der Waals surface area contributed by atoms with Crippen LogP contribution in [0.15, 0.2) is 0 Å². The molecule has 1 rings (SSSR count). The van der Waals surface area contributed by atoms with Crippen LogP contribution in [0.1, 0.15) is 60.3 Å². The van der Waals surface area contributed by atoms with Gasteiger partial charge < -0.3 is 0 Å². The second kappa shape index (κ2) is 5.31. The fourth-order valence-electron chi connectivity index (χ4n) is 2.09. The zero-order chi connectivity index (χ0) is 11.5. The van der Waals surface area contributed by atoms with Gasteiger partial charge in [-0.3, -0.25) is 0 Å². The minimum atomic E-state index is -0.190. The van der Waals surface area contributed by atoms with E-state index >= 15 is 0 Å². The molecule has 1 aliphatic rings. The average molecular weight is 214 g/mol. The van der Waals surface area contributed by atoms with Crippen molar-refractivity contribution in [3.05, 3.63) is 0 Å². The van der Waals surface area contributed by atoms with Crippen LogP contribution in [0.4, 0.5) is 0 Å². The zero-order valence-corrected chi connectivity index (χ0v) is 10.9. The SMILES string of the molecule is CC(C)C1CCCC(OOC(C)(C)C)C1. The monoisotopic (exact) mass is 214 g/mol. The molecular weight excluding hydrogens is 188 g/mol. The fourth-order valence-corrected chi connectivity index (χ4v) is 2.09. The van der Waals surface area contributed by atoms with Gasteiger partial charge in [-0.15, -0.1) is 0 Å². The maximum Gasteiger partial charge on any atom is 0.0952 e. The van der Waals surface area contributed by atoms with E-state index in [9.17, 15) is 0 Å². The molecule has 15 heavy (non-hydrogen) atoms. The molecule has 1 fully saturated rings. The Morgan fingerprint density at radius 1 is 1.13 bits per heavy atom. The summed E-state index contributed by atoms with van der Waals surface area (Å²) in [5, 5.41) is 0. The molecule has 0 bridgehead atoms. The van der Waals surface area contributed by atoms with E-state index in [-0.39, 0.29) is 5.60 Å². The van der Waals surface area contributed by atoms with Gasteiger partial charge in [0.2, 0.25) is 0 Å². The smallest absolute Gasteiger partial charge is 0.0952 e. The Balaban J connectivity index is 2.30. The molecule has 2 heteroatoms. The quantitative estimate of drug-likeness (QED) is 0.523. The Morgan fingerprint density at radius 3 is 2.33 bits per heavy atom. The summed E-state index contributed by atoms with van der Waals surface area (Å²) in [5.74, 6) is 1.58. The zero-order valence-electron chi connectivity index (χ0n) is 10.9. The summed E-state index contributed by atoms with van der Waals surface area (Å²) in [6.07, 6.45) is 5.26. The minimum Gasteiger partial charge on any atom is -0.233 e. The van der Waals surface area contributed by atoms with Gasteiger partial charge in [-0.05, 0) is 45.4 Å². The van der Waals surface area contributed by atoms with E-state index in [2.05, 4.69) is 13.8 Å². The van der Waals surface area contributed by atoms with Crippen LogP contribution in [0.25, 0.3) is 0 Å². The molecule has 0 spiro atoms. The molecule has 0 aromatic rings. The second-order valence-electron chi connectivity index (χ2n) is 6.08. The van der Waals surface area contributed by atoms with Crippen molar-refractivity contribution in [3.63, 3.8) is 0 Å². The molecule has 0 aliphatic heterocycles. The van der Waals surface area contributed by atoms with Crippen LogP contribution >= 0.6 is 0 Å². The van der Waals surface area contributed by atoms with Gasteiger partial charge in [0.05, 0.1) is 11.7 Å². The van der Waals surface area contributed by atoms with Crippen LogP contribution in [0.5, 0.6) is 0 Å². The van der Waals surface area contributed by atoms with Crippen molar-refractivity contribution in [2.75, 3.05) is 0 Å². The van der Waals surface area contributed by atoms with Crippen molar-refractivity contribution < 1.29 is 9.78 Å². The van der Waals surface area contributed by atoms with Crippen molar-refractivity contribution in [1.29, 1.82) is 0 Å². The summed E-state index contributed by atoms with van der Waals surface area (Å²) >= 11 is 0. The first-order valence-electron chi connectivity index (χ1n) is 6.23. The van der Waals surface area contributed by atoms with Crippen LogP contribution < -0.4 is 0 Å². The molecular formula is C13H26O2. The summed E-state index contributed by atoms with van der Waals surface area (Å²) in [6.45, 7) is 10.7. The van der Waals surface area contributed by atoms with Gasteiger partial charge in [0.1, 0.15) is 0 Å². The van der Waals surface area contributed by atoms with Crippen LogP contribution in [0.3, 0.4) is 0 Å². The third kappa shape index (κ3) is 4.98. The van der Waals surface area contributed by atoms with E-state index in [1.165, 1.54) is 12.8 Å². The molecule has 0 aromatic heterocycles. The predicted molar refractivity (Wildman–Crippen MR) is 62.5 cm³/mol.